The lowest BCUT2D eigenvalue weighted by atomic mass is 10.1. The molecule has 1 aromatic rings. The van der Waals surface area contributed by atoms with Crippen LogP contribution in [-0.4, -0.2) is 36.1 Å². The molecule has 7 heteroatoms. The highest BCUT2D eigenvalue weighted by atomic mass is 32.1. The molecule has 16 heavy (non-hydrogen) atoms. The zero-order valence-corrected chi connectivity index (χ0v) is 9.87. The van der Waals surface area contributed by atoms with Crippen molar-refractivity contribution in [3.63, 3.8) is 0 Å². The maximum atomic E-state index is 10.6. The van der Waals surface area contributed by atoms with Gasteiger partial charge in [0.15, 0.2) is 5.13 Å². The van der Waals surface area contributed by atoms with Gasteiger partial charge in [0.2, 0.25) is 0 Å². The zero-order valence-electron chi connectivity index (χ0n) is 9.05. The van der Waals surface area contributed by atoms with Gasteiger partial charge in [-0.05, 0) is 31.2 Å². The van der Waals surface area contributed by atoms with Gasteiger partial charge in [-0.3, -0.25) is 10.1 Å². The molecule has 1 saturated heterocycles. The summed E-state index contributed by atoms with van der Waals surface area (Å²) in [5.74, 6) is 0. The van der Waals surface area contributed by atoms with Gasteiger partial charge >= 0.3 is 5.00 Å². The van der Waals surface area contributed by atoms with Gasteiger partial charge in [0.05, 0.1) is 4.92 Å². The van der Waals surface area contributed by atoms with Crippen LogP contribution in [0.15, 0.2) is 6.20 Å². The highest BCUT2D eigenvalue weighted by Gasteiger charge is 2.22. The number of nitrogens with zero attached hydrogens (tertiary/aromatic N) is 3. The highest BCUT2D eigenvalue weighted by molar-refractivity contribution is 7.18. The Morgan fingerprint density at radius 3 is 3.19 bits per heavy atom. The molecule has 0 amide bonds. The third kappa shape index (κ3) is 2.30. The summed E-state index contributed by atoms with van der Waals surface area (Å²) in [7, 11) is 1.94. The summed E-state index contributed by atoms with van der Waals surface area (Å²) in [6.07, 6.45) is 3.59. The van der Waals surface area contributed by atoms with Crippen LogP contribution in [-0.2, 0) is 0 Å². The minimum atomic E-state index is -0.388. The van der Waals surface area contributed by atoms with Crippen molar-refractivity contribution in [2.75, 3.05) is 25.0 Å². The maximum Gasteiger partial charge on any atom is 0.345 e. The normalized spacial score (nSPS) is 21.1. The molecule has 1 N–H and O–H groups in total. The van der Waals surface area contributed by atoms with E-state index in [2.05, 4.69) is 15.2 Å². The van der Waals surface area contributed by atoms with Crippen LogP contribution < -0.4 is 10.2 Å². The Hall–Kier alpha value is -1.21. The molecular weight excluding hydrogens is 228 g/mol. The number of likely N-dealkylation sites (N-methyl/N-ethyl adjacent to an activating group) is 1. The Bertz CT molecular complexity index is 381. The van der Waals surface area contributed by atoms with E-state index in [0.29, 0.717) is 6.04 Å². The average Bonchev–Trinajstić information content (AvgIpc) is 2.78. The Balaban J connectivity index is 2.08. The topological polar surface area (TPSA) is 71.3 Å². The fourth-order valence-electron chi connectivity index (χ4n) is 1.87. The van der Waals surface area contributed by atoms with E-state index in [1.807, 2.05) is 7.05 Å². The minimum absolute atomic E-state index is 0.113. The van der Waals surface area contributed by atoms with Crippen LogP contribution in [0.1, 0.15) is 12.8 Å². The molecule has 1 aromatic heterocycles. The Labute approximate surface area is 97.4 Å². The predicted octanol–water partition coefficient (Wildman–Crippen LogP) is 1.24. The molecule has 0 aliphatic carbocycles. The number of rotatable bonds is 3. The lowest BCUT2D eigenvalue weighted by molar-refractivity contribution is -0.380. The standard InChI is InChI=1S/C9H14N4O2S/c1-10-7-3-2-4-12(6-7)9-11-5-8(16-9)13(14)15/h5,7,10H,2-4,6H2,1H3. The third-order valence-corrected chi connectivity index (χ3v) is 3.77. The summed E-state index contributed by atoms with van der Waals surface area (Å²) in [6, 6.07) is 0.455. The van der Waals surface area contributed by atoms with Crippen LogP contribution in [0.3, 0.4) is 0 Å². The number of hydrogen-bond donors (Lipinski definition) is 1. The number of aromatic nitrogens is 1. The van der Waals surface area contributed by atoms with Crippen LogP contribution in [0, 0.1) is 10.1 Å². The summed E-state index contributed by atoms with van der Waals surface area (Å²) in [5.41, 5.74) is 0. The molecule has 0 radical (unpaired) electrons. The third-order valence-electron chi connectivity index (χ3n) is 2.76. The summed E-state index contributed by atoms with van der Waals surface area (Å²) in [6.45, 7) is 1.81. The average molecular weight is 242 g/mol. The van der Waals surface area contributed by atoms with Gasteiger partial charge in [-0.2, -0.15) is 0 Å². The zero-order chi connectivity index (χ0) is 11.5. The number of anilines is 1. The molecule has 0 spiro atoms. The van der Waals surface area contributed by atoms with Gasteiger partial charge in [-0.1, -0.05) is 0 Å². The second kappa shape index (κ2) is 4.75. The number of piperidine rings is 1. The SMILES string of the molecule is CNC1CCCN(c2ncc([N+](=O)[O-])s2)C1. The van der Waals surface area contributed by atoms with Crippen LogP contribution in [0.5, 0.6) is 0 Å². The van der Waals surface area contributed by atoms with E-state index in [4.69, 9.17) is 0 Å². The molecule has 1 fully saturated rings. The maximum absolute atomic E-state index is 10.6. The molecule has 2 heterocycles. The van der Waals surface area contributed by atoms with E-state index < -0.39 is 0 Å². The summed E-state index contributed by atoms with van der Waals surface area (Å²) in [4.78, 5) is 16.4. The van der Waals surface area contributed by atoms with Crippen molar-refractivity contribution in [3.8, 4) is 0 Å². The number of nitro groups is 1. The number of nitrogens with one attached hydrogen (secondary N) is 1. The van der Waals surface area contributed by atoms with Crippen molar-refractivity contribution in [1.82, 2.24) is 10.3 Å². The number of hydrogen-bond acceptors (Lipinski definition) is 6. The van der Waals surface area contributed by atoms with Crippen LogP contribution in [0.2, 0.25) is 0 Å². The van der Waals surface area contributed by atoms with Crippen molar-refractivity contribution in [2.45, 2.75) is 18.9 Å². The Morgan fingerprint density at radius 2 is 2.56 bits per heavy atom. The Kier molecular flexibility index (Phi) is 3.35. The monoisotopic (exact) mass is 242 g/mol. The second-order valence-electron chi connectivity index (χ2n) is 3.81. The minimum Gasteiger partial charge on any atom is -0.346 e. The predicted molar refractivity (Wildman–Crippen MR) is 63.1 cm³/mol. The molecule has 1 aliphatic rings. The molecule has 2 rings (SSSR count). The summed E-state index contributed by atoms with van der Waals surface area (Å²) < 4.78 is 0. The van der Waals surface area contributed by atoms with E-state index in [1.54, 1.807) is 0 Å². The molecule has 0 aromatic carbocycles. The summed E-state index contributed by atoms with van der Waals surface area (Å²) >= 11 is 1.15. The smallest absolute Gasteiger partial charge is 0.345 e. The molecule has 1 aliphatic heterocycles. The molecule has 1 atom stereocenters. The molecule has 88 valence electrons. The van der Waals surface area contributed by atoms with Gasteiger partial charge in [0.25, 0.3) is 0 Å². The van der Waals surface area contributed by atoms with Crippen molar-refractivity contribution in [2.24, 2.45) is 0 Å². The Morgan fingerprint density at radius 1 is 1.75 bits per heavy atom. The molecule has 1 unspecified atom stereocenters. The lowest BCUT2D eigenvalue weighted by Gasteiger charge is -2.32. The van der Waals surface area contributed by atoms with Gasteiger partial charge in [0, 0.05) is 19.1 Å². The first-order valence-electron chi connectivity index (χ1n) is 5.23. The van der Waals surface area contributed by atoms with E-state index in [1.165, 1.54) is 6.20 Å². The van der Waals surface area contributed by atoms with Gasteiger partial charge in [-0.15, -0.1) is 0 Å². The lowest BCUT2D eigenvalue weighted by Crippen LogP contribution is -2.44. The quantitative estimate of drug-likeness (QED) is 0.638. The van der Waals surface area contributed by atoms with E-state index in [0.717, 1.165) is 42.4 Å². The van der Waals surface area contributed by atoms with Gasteiger partial charge in [-0.25, -0.2) is 4.98 Å². The van der Waals surface area contributed by atoms with Crippen LogP contribution in [0.4, 0.5) is 10.1 Å². The summed E-state index contributed by atoms with van der Waals surface area (Å²) in [5, 5.41) is 14.7. The van der Waals surface area contributed by atoms with Crippen molar-refractivity contribution in [3.05, 3.63) is 16.3 Å². The van der Waals surface area contributed by atoms with E-state index in [-0.39, 0.29) is 9.92 Å². The first-order chi connectivity index (χ1) is 7.70. The first kappa shape index (κ1) is 11.3. The van der Waals surface area contributed by atoms with Crippen molar-refractivity contribution >= 4 is 21.5 Å². The first-order valence-corrected chi connectivity index (χ1v) is 6.05. The van der Waals surface area contributed by atoms with Crippen molar-refractivity contribution in [1.29, 1.82) is 0 Å². The fourth-order valence-corrected chi connectivity index (χ4v) is 2.64. The van der Waals surface area contributed by atoms with Gasteiger partial charge < -0.3 is 10.2 Å². The van der Waals surface area contributed by atoms with Crippen LogP contribution in [0.25, 0.3) is 0 Å². The highest BCUT2D eigenvalue weighted by Crippen LogP contribution is 2.29. The second-order valence-corrected chi connectivity index (χ2v) is 4.80. The largest absolute Gasteiger partial charge is 0.346 e. The molecule has 6 nitrogen and oxygen atoms in total. The van der Waals surface area contributed by atoms with E-state index >= 15 is 0 Å². The van der Waals surface area contributed by atoms with Crippen molar-refractivity contribution < 1.29 is 4.92 Å². The van der Waals surface area contributed by atoms with E-state index in [9.17, 15) is 10.1 Å². The van der Waals surface area contributed by atoms with Gasteiger partial charge in [0.1, 0.15) is 6.20 Å². The molecule has 0 saturated carbocycles. The molecule has 0 bridgehead atoms. The number of thiazole rings is 1. The molecular formula is C9H14N4O2S. The fraction of sp³-hybridized carbons (Fsp3) is 0.667. The van der Waals surface area contributed by atoms with Crippen LogP contribution >= 0.6 is 11.3 Å².